The van der Waals surface area contributed by atoms with Crippen molar-refractivity contribution in [2.45, 2.75) is 0 Å². The number of para-hydroxylation sites is 2. The third-order valence-corrected chi connectivity index (χ3v) is 4.98. The van der Waals surface area contributed by atoms with Gasteiger partial charge in [0.05, 0.1) is 5.52 Å². The average molecular weight is 334 g/mol. The Morgan fingerprint density at radius 3 is 1.92 bits per heavy atom. The molecule has 0 atom stereocenters. The van der Waals surface area contributed by atoms with Crippen LogP contribution in [0.5, 0.6) is 0 Å². The number of aromatic nitrogens is 1. The number of benzene rings is 4. The maximum Gasteiger partial charge on any atom is 0.0544 e. The van der Waals surface area contributed by atoms with E-state index in [4.69, 9.17) is 5.73 Å². The molecule has 2 nitrogen and oxygen atoms in total. The number of nitrogens with one attached hydrogen (secondary N) is 1. The van der Waals surface area contributed by atoms with Gasteiger partial charge in [0.2, 0.25) is 0 Å². The maximum absolute atomic E-state index is 5.79. The van der Waals surface area contributed by atoms with Crippen molar-refractivity contribution in [3.8, 4) is 22.3 Å². The van der Waals surface area contributed by atoms with Crippen molar-refractivity contribution in [2.24, 2.45) is 0 Å². The molecular weight excluding hydrogens is 316 g/mol. The van der Waals surface area contributed by atoms with Crippen LogP contribution in [0, 0.1) is 0 Å². The first-order chi connectivity index (χ1) is 12.8. The minimum absolute atomic E-state index is 0.788. The van der Waals surface area contributed by atoms with Gasteiger partial charge >= 0.3 is 0 Å². The van der Waals surface area contributed by atoms with Crippen LogP contribution in [0.2, 0.25) is 0 Å². The minimum atomic E-state index is 0.788. The maximum atomic E-state index is 5.79. The number of anilines is 1. The summed E-state index contributed by atoms with van der Waals surface area (Å²) >= 11 is 0. The first kappa shape index (κ1) is 14.8. The van der Waals surface area contributed by atoms with Gasteiger partial charge in [-0.15, -0.1) is 0 Å². The first-order valence-corrected chi connectivity index (χ1v) is 8.75. The fourth-order valence-electron chi connectivity index (χ4n) is 3.63. The minimum Gasteiger partial charge on any atom is -0.399 e. The molecule has 0 unspecified atom stereocenters. The van der Waals surface area contributed by atoms with Gasteiger partial charge in [0, 0.05) is 27.5 Å². The Hall–Kier alpha value is -3.52. The van der Waals surface area contributed by atoms with Gasteiger partial charge < -0.3 is 10.7 Å². The highest BCUT2D eigenvalue weighted by Gasteiger charge is 2.09. The molecule has 5 rings (SSSR count). The lowest BCUT2D eigenvalue weighted by atomic mass is 9.98. The topological polar surface area (TPSA) is 41.8 Å². The van der Waals surface area contributed by atoms with Crippen molar-refractivity contribution in [1.29, 1.82) is 0 Å². The second-order valence-corrected chi connectivity index (χ2v) is 6.60. The summed E-state index contributed by atoms with van der Waals surface area (Å²) in [5.41, 5.74) is 13.7. The van der Waals surface area contributed by atoms with Gasteiger partial charge in [-0.1, -0.05) is 72.8 Å². The smallest absolute Gasteiger partial charge is 0.0544 e. The molecule has 0 aliphatic heterocycles. The molecule has 0 radical (unpaired) electrons. The highest BCUT2D eigenvalue weighted by Crippen LogP contribution is 2.34. The molecule has 1 aromatic heterocycles. The molecule has 4 aromatic carbocycles. The van der Waals surface area contributed by atoms with E-state index in [1.165, 1.54) is 44.1 Å². The molecule has 124 valence electrons. The van der Waals surface area contributed by atoms with Crippen LogP contribution in [0.4, 0.5) is 5.69 Å². The molecule has 0 bridgehead atoms. The van der Waals surface area contributed by atoms with E-state index >= 15 is 0 Å². The summed E-state index contributed by atoms with van der Waals surface area (Å²) in [5.74, 6) is 0. The fraction of sp³-hybridized carbons (Fsp3) is 0. The van der Waals surface area contributed by atoms with Crippen molar-refractivity contribution in [2.75, 3.05) is 5.73 Å². The van der Waals surface area contributed by atoms with E-state index in [1.807, 2.05) is 12.1 Å². The standard InChI is InChI=1S/C24H18N2/c25-19-14-12-17(13-15-19)16-8-10-18(11-9-16)20-5-3-6-22-21-4-1-2-7-23(21)26-24(20)22/h1-15,26H,25H2. The van der Waals surface area contributed by atoms with Crippen molar-refractivity contribution in [3.63, 3.8) is 0 Å². The van der Waals surface area contributed by atoms with Crippen molar-refractivity contribution >= 4 is 27.5 Å². The molecule has 3 N–H and O–H groups in total. The normalized spacial score (nSPS) is 11.2. The summed E-state index contributed by atoms with van der Waals surface area (Å²) in [5, 5.41) is 2.53. The summed E-state index contributed by atoms with van der Waals surface area (Å²) in [6.45, 7) is 0. The second kappa shape index (κ2) is 5.78. The Labute approximate surface area is 151 Å². The third-order valence-electron chi connectivity index (χ3n) is 4.98. The lowest BCUT2D eigenvalue weighted by Crippen LogP contribution is -1.85. The average Bonchev–Trinajstić information content (AvgIpc) is 3.08. The fourth-order valence-corrected chi connectivity index (χ4v) is 3.63. The monoisotopic (exact) mass is 334 g/mol. The molecule has 0 saturated carbocycles. The lowest BCUT2D eigenvalue weighted by molar-refractivity contribution is 1.53. The van der Waals surface area contributed by atoms with Crippen LogP contribution >= 0.6 is 0 Å². The Kier molecular flexibility index (Phi) is 3.29. The molecular formula is C24H18N2. The van der Waals surface area contributed by atoms with Gasteiger partial charge in [0.25, 0.3) is 0 Å². The van der Waals surface area contributed by atoms with Gasteiger partial charge in [-0.05, 0) is 34.9 Å². The lowest BCUT2D eigenvalue weighted by Gasteiger charge is -2.07. The highest BCUT2D eigenvalue weighted by molar-refractivity contribution is 6.11. The zero-order valence-corrected chi connectivity index (χ0v) is 14.2. The molecule has 0 fully saturated rings. The summed E-state index contributed by atoms with van der Waals surface area (Å²) in [6, 6.07) is 31.6. The van der Waals surface area contributed by atoms with Crippen molar-refractivity contribution in [3.05, 3.63) is 91.0 Å². The molecule has 0 saturated heterocycles. The van der Waals surface area contributed by atoms with E-state index in [9.17, 15) is 0 Å². The van der Waals surface area contributed by atoms with Crippen LogP contribution < -0.4 is 5.73 Å². The molecule has 0 aliphatic rings. The number of aromatic amines is 1. The SMILES string of the molecule is Nc1ccc(-c2ccc(-c3cccc4c3[nH]c3ccccc34)cc2)cc1. The van der Waals surface area contributed by atoms with Crippen LogP contribution in [0.15, 0.2) is 91.0 Å². The third kappa shape index (κ3) is 2.35. The molecule has 0 amide bonds. The van der Waals surface area contributed by atoms with Gasteiger partial charge in [0.1, 0.15) is 0 Å². The van der Waals surface area contributed by atoms with Crippen LogP contribution in [-0.4, -0.2) is 4.98 Å². The molecule has 0 spiro atoms. The largest absolute Gasteiger partial charge is 0.399 e. The predicted octanol–water partition coefficient (Wildman–Crippen LogP) is 6.24. The summed E-state index contributed by atoms with van der Waals surface area (Å²) in [7, 11) is 0. The summed E-state index contributed by atoms with van der Waals surface area (Å²) in [4.78, 5) is 3.58. The van der Waals surface area contributed by atoms with E-state index in [0.717, 1.165) is 5.69 Å². The van der Waals surface area contributed by atoms with Crippen molar-refractivity contribution in [1.82, 2.24) is 4.98 Å². The molecule has 2 heteroatoms. The van der Waals surface area contributed by atoms with Gasteiger partial charge in [-0.25, -0.2) is 0 Å². The quantitative estimate of drug-likeness (QED) is 0.369. The van der Waals surface area contributed by atoms with Crippen LogP contribution in [0.3, 0.4) is 0 Å². The first-order valence-electron chi connectivity index (χ1n) is 8.75. The van der Waals surface area contributed by atoms with E-state index in [2.05, 4.69) is 83.8 Å². The summed E-state index contributed by atoms with van der Waals surface area (Å²) < 4.78 is 0. The Bertz CT molecular complexity index is 1210. The number of rotatable bonds is 2. The van der Waals surface area contributed by atoms with Gasteiger partial charge in [0.15, 0.2) is 0 Å². The van der Waals surface area contributed by atoms with Crippen LogP contribution in [0.1, 0.15) is 0 Å². The second-order valence-electron chi connectivity index (χ2n) is 6.60. The molecule has 26 heavy (non-hydrogen) atoms. The Morgan fingerprint density at radius 1 is 0.538 bits per heavy atom. The number of hydrogen-bond donors (Lipinski definition) is 2. The number of hydrogen-bond acceptors (Lipinski definition) is 1. The molecule has 0 aliphatic carbocycles. The van der Waals surface area contributed by atoms with Crippen LogP contribution in [0.25, 0.3) is 44.1 Å². The van der Waals surface area contributed by atoms with Crippen LogP contribution in [-0.2, 0) is 0 Å². The molecule has 1 heterocycles. The van der Waals surface area contributed by atoms with E-state index in [-0.39, 0.29) is 0 Å². The Morgan fingerprint density at radius 2 is 1.15 bits per heavy atom. The predicted molar refractivity (Wildman–Crippen MR) is 111 cm³/mol. The Balaban J connectivity index is 1.62. The van der Waals surface area contributed by atoms with Gasteiger partial charge in [-0.3, -0.25) is 0 Å². The highest BCUT2D eigenvalue weighted by atomic mass is 14.7. The number of nitrogen functional groups attached to an aromatic ring is 1. The summed E-state index contributed by atoms with van der Waals surface area (Å²) in [6.07, 6.45) is 0. The van der Waals surface area contributed by atoms with Gasteiger partial charge in [-0.2, -0.15) is 0 Å². The van der Waals surface area contributed by atoms with E-state index in [0.29, 0.717) is 0 Å². The zero-order valence-electron chi connectivity index (χ0n) is 14.2. The zero-order chi connectivity index (χ0) is 17.5. The van der Waals surface area contributed by atoms with E-state index < -0.39 is 0 Å². The number of fused-ring (bicyclic) bond motifs is 3. The van der Waals surface area contributed by atoms with Crippen molar-refractivity contribution < 1.29 is 0 Å². The molecule has 5 aromatic rings. The number of H-pyrrole nitrogens is 1. The van der Waals surface area contributed by atoms with E-state index in [1.54, 1.807) is 0 Å². The number of nitrogens with two attached hydrogens (primary N) is 1.